The van der Waals surface area contributed by atoms with Gasteiger partial charge in [0.25, 0.3) is 5.91 Å². The van der Waals surface area contributed by atoms with E-state index in [9.17, 15) is 14.4 Å². The summed E-state index contributed by atoms with van der Waals surface area (Å²) in [6.45, 7) is -0.202. The normalized spacial score (nSPS) is 21.8. The van der Waals surface area contributed by atoms with Crippen LogP contribution in [0.25, 0.3) is 0 Å². The number of nitrogens with one attached hydrogen (secondary N) is 2. The Morgan fingerprint density at radius 1 is 1.04 bits per heavy atom. The summed E-state index contributed by atoms with van der Waals surface area (Å²) in [7, 11) is 0. The Bertz CT molecular complexity index is 639. The van der Waals surface area contributed by atoms with Crippen molar-refractivity contribution in [3.05, 3.63) is 35.9 Å². The lowest BCUT2D eigenvalue weighted by molar-refractivity contribution is -0.132. The van der Waals surface area contributed by atoms with Crippen LogP contribution >= 0.6 is 0 Å². The van der Waals surface area contributed by atoms with E-state index < -0.39 is 12.1 Å². The van der Waals surface area contributed by atoms with Crippen LogP contribution in [0.2, 0.25) is 0 Å². The molecule has 0 radical (unpaired) electrons. The zero-order valence-electron chi connectivity index (χ0n) is 15.1. The summed E-state index contributed by atoms with van der Waals surface area (Å²) in [4.78, 5) is 38.0. The first-order chi connectivity index (χ1) is 12.6. The van der Waals surface area contributed by atoms with Crippen molar-refractivity contribution in [1.29, 1.82) is 0 Å². The number of urea groups is 1. The van der Waals surface area contributed by atoms with Gasteiger partial charge >= 0.3 is 6.03 Å². The third-order valence-electron chi connectivity index (χ3n) is 5.16. The van der Waals surface area contributed by atoms with Crippen molar-refractivity contribution < 1.29 is 14.4 Å². The van der Waals surface area contributed by atoms with Crippen LogP contribution in [0.1, 0.15) is 50.5 Å². The van der Waals surface area contributed by atoms with Gasteiger partial charge in [-0.1, -0.05) is 62.4 Å². The number of imide groups is 1. The first-order valence-electron chi connectivity index (χ1n) is 9.58. The summed E-state index contributed by atoms with van der Waals surface area (Å²) in [5, 5.41) is 5.69. The average molecular weight is 357 g/mol. The third kappa shape index (κ3) is 4.84. The van der Waals surface area contributed by atoms with E-state index in [4.69, 9.17) is 0 Å². The van der Waals surface area contributed by atoms with Crippen molar-refractivity contribution in [1.82, 2.24) is 15.5 Å². The van der Waals surface area contributed by atoms with Gasteiger partial charge < -0.3 is 10.6 Å². The van der Waals surface area contributed by atoms with E-state index in [0.717, 1.165) is 36.1 Å². The molecule has 6 heteroatoms. The van der Waals surface area contributed by atoms with Crippen molar-refractivity contribution in [2.75, 3.05) is 6.54 Å². The molecule has 1 unspecified atom stereocenters. The summed E-state index contributed by atoms with van der Waals surface area (Å²) < 4.78 is 0. The molecule has 1 aliphatic heterocycles. The summed E-state index contributed by atoms with van der Waals surface area (Å²) in [5.74, 6) is -0.578. The molecule has 1 saturated carbocycles. The van der Waals surface area contributed by atoms with Gasteiger partial charge in [-0.2, -0.15) is 0 Å². The number of carbonyl (C=O) groups is 3. The topological polar surface area (TPSA) is 78.5 Å². The monoisotopic (exact) mass is 357 g/mol. The van der Waals surface area contributed by atoms with Crippen molar-refractivity contribution in [2.45, 2.75) is 63.5 Å². The van der Waals surface area contributed by atoms with Crippen molar-refractivity contribution >= 4 is 17.8 Å². The fourth-order valence-corrected chi connectivity index (χ4v) is 3.73. The maximum absolute atomic E-state index is 12.5. The van der Waals surface area contributed by atoms with Gasteiger partial charge in [-0.05, 0) is 18.4 Å². The summed E-state index contributed by atoms with van der Waals surface area (Å²) in [6.07, 6.45) is 8.31. The SMILES string of the molecule is O=C(CN1C(=O)NC(Cc2ccccc2)C1=O)NC1CCCCCCC1. The van der Waals surface area contributed by atoms with E-state index in [0.29, 0.717) is 6.42 Å². The van der Waals surface area contributed by atoms with Crippen LogP contribution in [0.5, 0.6) is 0 Å². The van der Waals surface area contributed by atoms with Crippen LogP contribution in [-0.2, 0) is 16.0 Å². The van der Waals surface area contributed by atoms with Crippen LogP contribution in [-0.4, -0.2) is 41.4 Å². The van der Waals surface area contributed by atoms with Gasteiger partial charge in [0.1, 0.15) is 12.6 Å². The highest BCUT2D eigenvalue weighted by molar-refractivity contribution is 6.06. The second kappa shape index (κ2) is 8.83. The second-order valence-electron chi connectivity index (χ2n) is 7.23. The predicted molar refractivity (Wildman–Crippen MR) is 98.4 cm³/mol. The number of nitrogens with zero attached hydrogens (tertiary/aromatic N) is 1. The fraction of sp³-hybridized carbons (Fsp3) is 0.550. The average Bonchev–Trinajstić information content (AvgIpc) is 2.85. The van der Waals surface area contributed by atoms with Crippen LogP contribution in [0.3, 0.4) is 0 Å². The highest BCUT2D eigenvalue weighted by Gasteiger charge is 2.39. The Kier molecular flexibility index (Phi) is 6.26. The quantitative estimate of drug-likeness (QED) is 0.794. The van der Waals surface area contributed by atoms with Crippen LogP contribution in [0.15, 0.2) is 30.3 Å². The Morgan fingerprint density at radius 3 is 2.38 bits per heavy atom. The van der Waals surface area contributed by atoms with Crippen molar-refractivity contribution in [3.63, 3.8) is 0 Å². The molecule has 0 aromatic heterocycles. The molecule has 140 valence electrons. The Morgan fingerprint density at radius 2 is 1.69 bits per heavy atom. The molecular weight excluding hydrogens is 330 g/mol. The lowest BCUT2D eigenvalue weighted by atomic mass is 9.97. The molecule has 2 aliphatic rings. The van der Waals surface area contributed by atoms with Gasteiger partial charge in [0.2, 0.25) is 5.91 Å². The number of hydrogen-bond acceptors (Lipinski definition) is 3. The highest BCUT2D eigenvalue weighted by Crippen LogP contribution is 2.17. The predicted octanol–water partition coefficient (Wildman–Crippen LogP) is 2.38. The number of carbonyl (C=O) groups excluding carboxylic acids is 3. The van der Waals surface area contributed by atoms with E-state index >= 15 is 0 Å². The summed E-state index contributed by atoms with van der Waals surface area (Å²) >= 11 is 0. The van der Waals surface area contributed by atoms with Gasteiger partial charge in [0, 0.05) is 12.5 Å². The van der Waals surface area contributed by atoms with Gasteiger partial charge in [0.05, 0.1) is 0 Å². The molecule has 6 nitrogen and oxygen atoms in total. The highest BCUT2D eigenvalue weighted by atomic mass is 16.2. The largest absolute Gasteiger partial charge is 0.352 e. The van der Waals surface area contributed by atoms with Gasteiger partial charge in [-0.15, -0.1) is 0 Å². The first kappa shape index (κ1) is 18.4. The zero-order chi connectivity index (χ0) is 18.4. The number of rotatable bonds is 5. The van der Waals surface area contributed by atoms with Gasteiger partial charge in [0.15, 0.2) is 0 Å². The van der Waals surface area contributed by atoms with E-state index in [1.165, 1.54) is 19.3 Å². The van der Waals surface area contributed by atoms with Gasteiger partial charge in [-0.25, -0.2) is 4.79 Å². The van der Waals surface area contributed by atoms with Crippen LogP contribution in [0.4, 0.5) is 4.79 Å². The van der Waals surface area contributed by atoms with E-state index in [1.807, 2.05) is 30.3 Å². The summed E-state index contributed by atoms with van der Waals surface area (Å²) in [6, 6.07) is 8.62. The molecule has 1 aliphatic carbocycles. The maximum Gasteiger partial charge on any atom is 0.325 e. The smallest absolute Gasteiger partial charge is 0.325 e. The summed E-state index contributed by atoms with van der Waals surface area (Å²) in [5.41, 5.74) is 0.979. The molecule has 1 aromatic rings. The van der Waals surface area contributed by atoms with E-state index in [1.54, 1.807) is 0 Å². The standard InChI is InChI=1S/C20H27N3O3/c24-18(21-16-11-7-2-1-3-8-12-16)14-23-19(25)17(22-20(23)26)13-15-9-5-4-6-10-15/h4-6,9-10,16-17H,1-3,7-8,11-14H2,(H,21,24)(H,22,26). The second-order valence-corrected chi connectivity index (χ2v) is 7.23. The number of hydrogen-bond donors (Lipinski definition) is 2. The number of amides is 4. The van der Waals surface area contributed by atoms with E-state index in [2.05, 4.69) is 10.6 Å². The minimum Gasteiger partial charge on any atom is -0.352 e. The Hall–Kier alpha value is -2.37. The van der Waals surface area contributed by atoms with Crippen molar-refractivity contribution in [2.24, 2.45) is 0 Å². The Labute approximate surface area is 154 Å². The maximum atomic E-state index is 12.5. The number of benzene rings is 1. The molecule has 2 fully saturated rings. The molecule has 1 heterocycles. The van der Waals surface area contributed by atoms with Crippen LogP contribution in [0, 0.1) is 0 Å². The fourth-order valence-electron chi connectivity index (χ4n) is 3.73. The molecule has 3 rings (SSSR count). The molecule has 1 saturated heterocycles. The van der Waals surface area contributed by atoms with Crippen LogP contribution < -0.4 is 10.6 Å². The van der Waals surface area contributed by atoms with Gasteiger partial charge in [-0.3, -0.25) is 14.5 Å². The molecule has 0 spiro atoms. The molecule has 26 heavy (non-hydrogen) atoms. The molecule has 1 atom stereocenters. The molecule has 4 amide bonds. The van der Waals surface area contributed by atoms with E-state index in [-0.39, 0.29) is 24.4 Å². The zero-order valence-corrected chi connectivity index (χ0v) is 15.1. The first-order valence-corrected chi connectivity index (χ1v) is 9.58. The minimum absolute atomic E-state index is 0.156. The lowest BCUT2D eigenvalue weighted by Gasteiger charge is -2.22. The van der Waals surface area contributed by atoms with Crippen molar-refractivity contribution in [3.8, 4) is 0 Å². The minimum atomic E-state index is -0.598. The Balaban J connectivity index is 1.52. The molecule has 0 bridgehead atoms. The molecule has 2 N–H and O–H groups in total. The molecule has 1 aromatic carbocycles. The lowest BCUT2D eigenvalue weighted by Crippen LogP contribution is -2.44. The third-order valence-corrected chi connectivity index (χ3v) is 5.16. The molecular formula is C20H27N3O3.